The van der Waals surface area contributed by atoms with Crippen LogP contribution in [0.25, 0.3) is 0 Å². The number of halogens is 4. The predicted octanol–water partition coefficient (Wildman–Crippen LogP) is 1.94. The van der Waals surface area contributed by atoms with Gasteiger partial charge in [-0.3, -0.25) is 4.79 Å². The average Bonchev–Trinajstić information content (AvgIpc) is 1.97. The Morgan fingerprint density at radius 1 is 1.33 bits per heavy atom. The second-order valence-corrected chi connectivity index (χ2v) is 2.62. The van der Waals surface area contributed by atoms with Crippen molar-refractivity contribution in [2.75, 3.05) is 0 Å². The van der Waals surface area contributed by atoms with Gasteiger partial charge in [-0.1, -0.05) is 6.08 Å². The summed E-state index contributed by atoms with van der Waals surface area (Å²) >= 11 is 0. The van der Waals surface area contributed by atoms with E-state index >= 15 is 0 Å². The monoisotopic (exact) mass is 181 g/mol. The molecule has 0 aromatic heterocycles. The molecule has 0 saturated heterocycles. The highest BCUT2D eigenvalue weighted by atomic mass is 19.3. The number of alkyl halides is 4. The van der Waals surface area contributed by atoms with E-state index in [-0.39, 0.29) is 0 Å². The molecule has 1 radical (unpaired) electrons. The molecule has 1 fully saturated rings. The van der Waals surface area contributed by atoms with Crippen molar-refractivity contribution in [2.45, 2.75) is 18.3 Å². The van der Waals surface area contributed by atoms with Gasteiger partial charge in [0.2, 0.25) is 6.29 Å². The van der Waals surface area contributed by atoms with Gasteiger partial charge in [-0.25, -0.2) is 0 Å². The first-order chi connectivity index (χ1) is 5.42. The van der Waals surface area contributed by atoms with Crippen LogP contribution in [0.5, 0.6) is 0 Å². The third-order valence-electron chi connectivity index (χ3n) is 1.83. The molecule has 1 aliphatic carbocycles. The predicted molar refractivity (Wildman–Crippen MR) is 32.8 cm³/mol. The van der Waals surface area contributed by atoms with Crippen LogP contribution in [-0.2, 0) is 4.79 Å². The zero-order valence-electron chi connectivity index (χ0n) is 5.86. The normalized spacial score (nSPS) is 31.5. The lowest BCUT2D eigenvalue weighted by Gasteiger charge is -2.42. The van der Waals surface area contributed by atoms with E-state index in [0.717, 1.165) is 6.08 Å². The molecule has 0 aliphatic heterocycles. The van der Waals surface area contributed by atoms with Crippen LogP contribution in [0.15, 0.2) is 12.2 Å². The van der Waals surface area contributed by atoms with Crippen molar-refractivity contribution in [3.8, 4) is 0 Å². The maximum absolute atomic E-state index is 12.4. The van der Waals surface area contributed by atoms with Crippen LogP contribution in [0, 0.1) is 5.92 Å². The van der Waals surface area contributed by atoms with Crippen LogP contribution in [0.1, 0.15) is 6.42 Å². The van der Waals surface area contributed by atoms with Crippen LogP contribution < -0.4 is 0 Å². The van der Waals surface area contributed by atoms with Gasteiger partial charge in [-0.2, -0.15) is 17.6 Å². The van der Waals surface area contributed by atoms with Gasteiger partial charge in [0, 0.05) is 6.42 Å². The Labute approximate surface area is 66.1 Å². The molecule has 0 heterocycles. The van der Waals surface area contributed by atoms with E-state index < -0.39 is 24.2 Å². The zero-order chi connectivity index (χ0) is 9.41. The van der Waals surface area contributed by atoms with Crippen LogP contribution in [0.2, 0.25) is 0 Å². The number of hydrogen-bond acceptors (Lipinski definition) is 1. The standard InChI is InChI=1S/C7H5F4O/c8-6(9)4-5(2-1-3-12)7(6,10)11/h1-2,5H,4H2. The molecule has 1 aliphatic rings. The minimum absolute atomic E-state index is 0.688. The van der Waals surface area contributed by atoms with Gasteiger partial charge in [0.25, 0.3) is 0 Å². The Morgan fingerprint density at radius 3 is 2.25 bits per heavy atom. The molecule has 1 saturated carbocycles. The molecule has 0 bridgehead atoms. The summed E-state index contributed by atoms with van der Waals surface area (Å²) in [6.07, 6.45) is 1.76. The quantitative estimate of drug-likeness (QED) is 0.470. The lowest BCUT2D eigenvalue weighted by atomic mass is 9.76. The van der Waals surface area contributed by atoms with Gasteiger partial charge in [-0.15, -0.1) is 0 Å². The largest absolute Gasteiger partial charge is 0.316 e. The van der Waals surface area contributed by atoms with Crippen LogP contribution in [0.4, 0.5) is 17.6 Å². The molecule has 1 atom stereocenters. The van der Waals surface area contributed by atoms with Crippen molar-refractivity contribution in [3.63, 3.8) is 0 Å². The first kappa shape index (κ1) is 9.22. The highest BCUT2D eigenvalue weighted by Crippen LogP contribution is 2.55. The summed E-state index contributed by atoms with van der Waals surface area (Å²) in [6.45, 7) is 0. The minimum Gasteiger partial charge on any atom is -0.286 e. The number of hydrogen-bond donors (Lipinski definition) is 0. The Kier molecular flexibility index (Phi) is 1.97. The fraction of sp³-hybridized carbons (Fsp3) is 0.571. The Hall–Kier alpha value is -0.870. The highest BCUT2D eigenvalue weighted by Gasteiger charge is 2.70. The van der Waals surface area contributed by atoms with Gasteiger partial charge in [0.1, 0.15) is 0 Å². The SMILES string of the molecule is O=[C]C=CC1CC(F)(F)C1(F)F. The Morgan fingerprint density at radius 2 is 1.92 bits per heavy atom. The molecular formula is C7H5F4O. The molecule has 1 nitrogen and oxygen atoms in total. The second-order valence-electron chi connectivity index (χ2n) is 2.62. The lowest BCUT2D eigenvalue weighted by Crippen LogP contribution is -2.57. The van der Waals surface area contributed by atoms with E-state index in [1.54, 1.807) is 0 Å². The van der Waals surface area contributed by atoms with Crippen molar-refractivity contribution in [3.05, 3.63) is 12.2 Å². The van der Waals surface area contributed by atoms with E-state index in [0.29, 0.717) is 6.08 Å². The van der Waals surface area contributed by atoms with Gasteiger partial charge in [-0.05, 0) is 6.08 Å². The zero-order valence-corrected chi connectivity index (χ0v) is 5.86. The maximum Gasteiger partial charge on any atom is 0.316 e. The van der Waals surface area contributed by atoms with E-state index in [4.69, 9.17) is 0 Å². The van der Waals surface area contributed by atoms with Gasteiger partial charge < -0.3 is 0 Å². The van der Waals surface area contributed by atoms with Crippen molar-refractivity contribution in [1.29, 1.82) is 0 Å². The Balaban J connectivity index is 2.65. The van der Waals surface area contributed by atoms with Gasteiger partial charge in [0.05, 0.1) is 5.92 Å². The third-order valence-corrected chi connectivity index (χ3v) is 1.83. The summed E-state index contributed by atoms with van der Waals surface area (Å²) in [5, 5.41) is 0. The minimum atomic E-state index is -4.01. The fourth-order valence-electron chi connectivity index (χ4n) is 1.02. The average molecular weight is 181 g/mol. The van der Waals surface area contributed by atoms with E-state index in [9.17, 15) is 22.4 Å². The summed E-state index contributed by atoms with van der Waals surface area (Å²) in [6, 6.07) is 0. The number of carbonyl (C=O) groups excluding carboxylic acids is 1. The molecule has 0 aromatic rings. The Bertz CT molecular complexity index is 221. The molecule has 0 amide bonds. The summed E-state index contributed by atoms with van der Waals surface area (Å²) < 4.78 is 49.0. The topological polar surface area (TPSA) is 17.1 Å². The molecule has 67 valence electrons. The molecule has 0 aromatic carbocycles. The van der Waals surface area contributed by atoms with Gasteiger partial charge >= 0.3 is 11.8 Å². The maximum atomic E-state index is 12.4. The smallest absolute Gasteiger partial charge is 0.286 e. The van der Waals surface area contributed by atoms with Crippen molar-refractivity contribution >= 4 is 6.29 Å². The molecule has 0 spiro atoms. The van der Waals surface area contributed by atoms with Crippen molar-refractivity contribution in [1.82, 2.24) is 0 Å². The fourth-order valence-corrected chi connectivity index (χ4v) is 1.02. The third kappa shape index (κ3) is 1.13. The second kappa shape index (κ2) is 2.57. The molecule has 1 rings (SSSR count). The van der Waals surface area contributed by atoms with Crippen LogP contribution in [-0.4, -0.2) is 18.1 Å². The summed E-state index contributed by atoms with van der Waals surface area (Å²) in [4.78, 5) is 9.58. The molecule has 12 heavy (non-hydrogen) atoms. The van der Waals surface area contributed by atoms with E-state index in [1.807, 2.05) is 0 Å². The van der Waals surface area contributed by atoms with Crippen molar-refractivity contribution < 1.29 is 22.4 Å². The molecular weight excluding hydrogens is 176 g/mol. The first-order valence-electron chi connectivity index (χ1n) is 3.22. The molecule has 1 unspecified atom stereocenters. The number of allylic oxidation sites excluding steroid dienone is 2. The summed E-state index contributed by atoms with van der Waals surface area (Å²) in [5.41, 5.74) is 0. The molecule has 0 N–H and O–H groups in total. The van der Waals surface area contributed by atoms with Gasteiger partial charge in [0.15, 0.2) is 0 Å². The van der Waals surface area contributed by atoms with Crippen LogP contribution in [0.3, 0.4) is 0 Å². The first-order valence-corrected chi connectivity index (χ1v) is 3.22. The van der Waals surface area contributed by atoms with Crippen LogP contribution >= 0.6 is 0 Å². The lowest BCUT2D eigenvalue weighted by molar-refractivity contribution is -0.301. The summed E-state index contributed by atoms with van der Waals surface area (Å²) in [5.74, 6) is -9.47. The van der Waals surface area contributed by atoms with E-state index in [1.165, 1.54) is 6.29 Å². The van der Waals surface area contributed by atoms with Crippen molar-refractivity contribution in [2.24, 2.45) is 5.92 Å². The number of rotatable bonds is 2. The summed E-state index contributed by atoms with van der Waals surface area (Å²) in [7, 11) is 0. The molecule has 5 heteroatoms. The highest BCUT2D eigenvalue weighted by molar-refractivity contribution is 5.65. The van der Waals surface area contributed by atoms with E-state index in [2.05, 4.69) is 0 Å².